The van der Waals surface area contributed by atoms with E-state index >= 15 is 0 Å². The van der Waals surface area contributed by atoms with Crippen LogP contribution in [0.15, 0.2) is 24.3 Å². The Morgan fingerprint density at radius 1 is 1.05 bits per heavy atom. The first-order valence-corrected chi connectivity index (χ1v) is 8.14. The Morgan fingerprint density at radius 3 is 2.57 bits per heavy atom. The molecule has 0 unspecified atom stereocenters. The number of aromatic hydroxyl groups is 1. The van der Waals surface area contributed by atoms with E-state index in [-0.39, 0.29) is 5.75 Å². The summed E-state index contributed by atoms with van der Waals surface area (Å²) in [5.41, 5.74) is 0.998. The van der Waals surface area contributed by atoms with Crippen LogP contribution >= 0.6 is 11.3 Å². The van der Waals surface area contributed by atoms with Crippen molar-refractivity contribution in [2.75, 3.05) is 0 Å². The lowest BCUT2D eigenvalue weighted by Crippen LogP contribution is -2.09. The Hall–Kier alpha value is -1.95. The van der Waals surface area contributed by atoms with E-state index < -0.39 is 0 Å². The van der Waals surface area contributed by atoms with E-state index in [9.17, 15) is 5.11 Å². The van der Waals surface area contributed by atoms with Crippen molar-refractivity contribution >= 4 is 16.3 Å². The molecule has 5 nitrogen and oxygen atoms in total. The van der Waals surface area contributed by atoms with Crippen molar-refractivity contribution in [1.29, 1.82) is 0 Å². The summed E-state index contributed by atoms with van der Waals surface area (Å²) in [4.78, 5) is 0.846. The van der Waals surface area contributed by atoms with Gasteiger partial charge in [-0.15, -0.1) is 10.2 Å². The molecule has 21 heavy (non-hydrogen) atoms. The number of rotatable bonds is 2. The van der Waals surface area contributed by atoms with Crippen LogP contribution < -0.4 is 0 Å². The minimum atomic E-state index is 0.268. The quantitative estimate of drug-likeness (QED) is 0.785. The zero-order valence-electron chi connectivity index (χ0n) is 11.6. The molecule has 0 bridgehead atoms. The van der Waals surface area contributed by atoms with Gasteiger partial charge in [-0.3, -0.25) is 0 Å². The van der Waals surface area contributed by atoms with E-state index in [0.717, 1.165) is 21.4 Å². The maximum absolute atomic E-state index is 9.37. The third kappa shape index (κ3) is 2.29. The summed E-state index contributed by atoms with van der Waals surface area (Å²) in [6.07, 6.45) is 6.25. The van der Waals surface area contributed by atoms with Gasteiger partial charge in [0.15, 0.2) is 5.82 Å². The predicted octanol–water partition coefficient (Wildman–Crippen LogP) is 3.61. The second kappa shape index (κ2) is 5.11. The minimum absolute atomic E-state index is 0.268. The molecule has 0 amide bonds. The molecule has 1 aliphatic carbocycles. The third-order valence-corrected chi connectivity index (χ3v) is 5.05. The normalized spacial score (nSPS) is 16.6. The maximum Gasteiger partial charge on any atom is 0.234 e. The van der Waals surface area contributed by atoms with E-state index in [0.29, 0.717) is 5.92 Å². The van der Waals surface area contributed by atoms with E-state index in [1.54, 1.807) is 12.1 Å². The van der Waals surface area contributed by atoms with Gasteiger partial charge in [0, 0.05) is 11.5 Å². The van der Waals surface area contributed by atoms with Crippen LogP contribution in [0, 0.1) is 0 Å². The Labute approximate surface area is 126 Å². The number of hydrogen-bond donors (Lipinski definition) is 1. The summed E-state index contributed by atoms with van der Waals surface area (Å²) >= 11 is 1.54. The molecule has 108 valence electrons. The number of benzene rings is 1. The molecule has 0 spiro atoms. The average Bonchev–Trinajstić information content (AvgIpc) is 3.09. The van der Waals surface area contributed by atoms with Gasteiger partial charge in [-0.1, -0.05) is 30.6 Å². The van der Waals surface area contributed by atoms with Crippen molar-refractivity contribution in [3.05, 3.63) is 30.1 Å². The summed E-state index contributed by atoms with van der Waals surface area (Å²) in [5, 5.41) is 23.6. The van der Waals surface area contributed by atoms with Crippen molar-refractivity contribution < 1.29 is 5.11 Å². The highest BCUT2D eigenvalue weighted by atomic mass is 32.1. The average molecular weight is 300 g/mol. The van der Waals surface area contributed by atoms with Crippen LogP contribution in [-0.2, 0) is 0 Å². The molecular weight excluding hydrogens is 284 g/mol. The van der Waals surface area contributed by atoms with Crippen LogP contribution in [0.25, 0.3) is 15.5 Å². The van der Waals surface area contributed by atoms with Gasteiger partial charge in [-0.25, -0.2) is 0 Å². The molecule has 2 aromatic heterocycles. The summed E-state index contributed by atoms with van der Waals surface area (Å²) in [7, 11) is 0. The summed E-state index contributed by atoms with van der Waals surface area (Å²) in [6.45, 7) is 0. The Bertz CT molecular complexity index is 756. The van der Waals surface area contributed by atoms with Crippen molar-refractivity contribution in [2.45, 2.75) is 38.0 Å². The maximum atomic E-state index is 9.37. The van der Waals surface area contributed by atoms with E-state index in [1.807, 2.05) is 16.6 Å². The second-order valence-electron chi connectivity index (χ2n) is 5.54. The van der Waals surface area contributed by atoms with E-state index in [1.165, 1.54) is 43.4 Å². The lowest BCUT2D eigenvalue weighted by atomic mass is 9.89. The van der Waals surface area contributed by atoms with Crippen LogP contribution in [0.5, 0.6) is 5.75 Å². The van der Waals surface area contributed by atoms with E-state index in [4.69, 9.17) is 0 Å². The van der Waals surface area contributed by atoms with Crippen molar-refractivity contribution in [2.24, 2.45) is 0 Å². The Balaban J connectivity index is 1.73. The molecule has 4 rings (SSSR count). The molecule has 1 saturated carbocycles. The fraction of sp³-hybridized carbons (Fsp3) is 0.400. The van der Waals surface area contributed by atoms with Gasteiger partial charge in [0.05, 0.1) is 0 Å². The van der Waals surface area contributed by atoms with Crippen LogP contribution in [0.4, 0.5) is 0 Å². The van der Waals surface area contributed by atoms with Gasteiger partial charge in [0.1, 0.15) is 10.8 Å². The van der Waals surface area contributed by atoms with Crippen LogP contribution in [0.2, 0.25) is 0 Å². The van der Waals surface area contributed by atoms with Gasteiger partial charge < -0.3 is 5.11 Å². The molecule has 3 aromatic rings. The number of nitrogens with zero attached hydrogens (tertiary/aromatic N) is 4. The number of phenols is 1. The first-order valence-electron chi connectivity index (χ1n) is 7.33. The molecule has 0 radical (unpaired) electrons. The van der Waals surface area contributed by atoms with Crippen molar-refractivity contribution in [3.63, 3.8) is 0 Å². The molecule has 1 fully saturated rings. The highest BCUT2D eigenvalue weighted by Gasteiger charge is 2.23. The van der Waals surface area contributed by atoms with Crippen molar-refractivity contribution in [1.82, 2.24) is 19.8 Å². The summed E-state index contributed by atoms with van der Waals surface area (Å²) in [6, 6.07) is 7.11. The van der Waals surface area contributed by atoms with Gasteiger partial charge in [0.25, 0.3) is 0 Å². The molecule has 0 aliphatic heterocycles. The SMILES string of the molecule is Oc1ccc(-c2nn3c(C4CCCCC4)nnc3s2)cc1. The molecule has 6 heteroatoms. The second-order valence-corrected chi connectivity index (χ2v) is 6.50. The van der Waals surface area contributed by atoms with Gasteiger partial charge in [-0.05, 0) is 37.1 Å². The molecule has 2 heterocycles. The minimum Gasteiger partial charge on any atom is -0.508 e. The molecular formula is C15H16N4OS. The van der Waals surface area contributed by atoms with Crippen LogP contribution in [0.1, 0.15) is 43.8 Å². The molecule has 1 aliphatic rings. The first kappa shape index (κ1) is 12.8. The highest BCUT2D eigenvalue weighted by molar-refractivity contribution is 7.19. The van der Waals surface area contributed by atoms with Crippen LogP contribution in [-0.4, -0.2) is 24.9 Å². The van der Waals surface area contributed by atoms with Crippen molar-refractivity contribution in [3.8, 4) is 16.3 Å². The lowest BCUT2D eigenvalue weighted by molar-refractivity contribution is 0.423. The largest absolute Gasteiger partial charge is 0.508 e. The number of fused-ring (bicyclic) bond motifs is 1. The monoisotopic (exact) mass is 300 g/mol. The smallest absolute Gasteiger partial charge is 0.234 e. The van der Waals surface area contributed by atoms with Gasteiger partial charge in [0.2, 0.25) is 4.96 Å². The highest BCUT2D eigenvalue weighted by Crippen LogP contribution is 2.33. The lowest BCUT2D eigenvalue weighted by Gasteiger charge is -2.18. The topological polar surface area (TPSA) is 63.3 Å². The first-order chi connectivity index (χ1) is 10.3. The van der Waals surface area contributed by atoms with Gasteiger partial charge in [-0.2, -0.15) is 9.61 Å². The Kier molecular flexibility index (Phi) is 3.11. The number of aromatic nitrogens is 4. The molecule has 1 N–H and O–H groups in total. The van der Waals surface area contributed by atoms with E-state index in [2.05, 4.69) is 15.3 Å². The zero-order valence-corrected chi connectivity index (χ0v) is 12.4. The third-order valence-electron chi connectivity index (χ3n) is 4.10. The number of hydrogen-bond acceptors (Lipinski definition) is 5. The zero-order chi connectivity index (χ0) is 14.2. The molecule has 1 aromatic carbocycles. The summed E-state index contributed by atoms with van der Waals surface area (Å²) < 4.78 is 1.91. The standard InChI is InChI=1S/C15H16N4OS/c20-12-8-6-11(7-9-12)14-18-19-13(16-17-15(19)21-14)10-4-2-1-3-5-10/h6-10,20H,1-5H2. The number of phenolic OH excluding ortho intramolecular Hbond substituents is 1. The molecule has 0 saturated heterocycles. The molecule has 0 atom stereocenters. The summed E-state index contributed by atoms with van der Waals surface area (Å²) in [5.74, 6) is 1.76. The Morgan fingerprint density at radius 2 is 1.81 bits per heavy atom. The predicted molar refractivity (Wildman–Crippen MR) is 81.6 cm³/mol. The van der Waals surface area contributed by atoms with Crippen LogP contribution in [0.3, 0.4) is 0 Å². The fourth-order valence-electron chi connectivity index (χ4n) is 2.97. The van der Waals surface area contributed by atoms with Gasteiger partial charge >= 0.3 is 0 Å². The fourth-order valence-corrected chi connectivity index (χ4v) is 3.82.